The lowest BCUT2D eigenvalue weighted by molar-refractivity contribution is 0.00781. The maximum Gasteiger partial charge on any atom is 0.232 e. The number of likely N-dealkylation sites (N-methyl/N-ethyl adjacent to an activating group) is 1. The third-order valence-electron chi connectivity index (χ3n) is 4.90. The largest absolute Gasteiger partial charge is 0.339 e. The van der Waals surface area contributed by atoms with Crippen molar-refractivity contribution in [1.29, 1.82) is 0 Å². The zero-order valence-corrected chi connectivity index (χ0v) is 13.3. The van der Waals surface area contributed by atoms with Crippen LogP contribution in [0.4, 0.5) is 0 Å². The Bertz CT molecular complexity index is 487. The topological polar surface area (TPSA) is 57.4 Å². The van der Waals surface area contributed by atoms with Crippen LogP contribution >= 0.6 is 11.8 Å². The third-order valence-corrected chi connectivity index (χ3v) is 6.09. The molecule has 0 radical (unpaired) electrons. The standard InChI is InChI=1S/C14H23N5OS/c1-2-15-11-9-21-8-10(11)14-16-13(17-20-14)12-7-18-3-5-19(12)6-4-18/h10-12,15H,2-9H2,1H3. The van der Waals surface area contributed by atoms with Crippen molar-refractivity contribution in [3.8, 4) is 0 Å². The summed E-state index contributed by atoms with van der Waals surface area (Å²) in [5.41, 5.74) is 0. The van der Waals surface area contributed by atoms with Crippen molar-refractivity contribution in [2.24, 2.45) is 0 Å². The molecule has 1 aromatic rings. The Morgan fingerprint density at radius 2 is 2.14 bits per heavy atom. The van der Waals surface area contributed by atoms with Crippen LogP contribution in [0.25, 0.3) is 0 Å². The number of aromatic nitrogens is 2. The first-order chi connectivity index (χ1) is 10.3. The average molecular weight is 309 g/mol. The molecular weight excluding hydrogens is 286 g/mol. The maximum absolute atomic E-state index is 5.63. The molecule has 7 heteroatoms. The number of rotatable bonds is 4. The van der Waals surface area contributed by atoms with Gasteiger partial charge < -0.3 is 9.84 Å². The summed E-state index contributed by atoms with van der Waals surface area (Å²) in [4.78, 5) is 9.78. The second-order valence-corrected chi connectivity index (χ2v) is 7.23. The van der Waals surface area contributed by atoms with E-state index in [-0.39, 0.29) is 0 Å². The van der Waals surface area contributed by atoms with Crippen LogP contribution < -0.4 is 5.32 Å². The van der Waals surface area contributed by atoms with E-state index in [0.29, 0.717) is 18.0 Å². The van der Waals surface area contributed by atoms with Gasteiger partial charge in [-0.05, 0) is 6.54 Å². The Hall–Kier alpha value is -0.630. The van der Waals surface area contributed by atoms with Crippen LogP contribution in [0.3, 0.4) is 0 Å². The molecule has 3 atom stereocenters. The summed E-state index contributed by atoms with van der Waals surface area (Å²) in [5.74, 6) is 4.31. The highest BCUT2D eigenvalue weighted by molar-refractivity contribution is 7.99. The van der Waals surface area contributed by atoms with E-state index in [4.69, 9.17) is 9.51 Å². The van der Waals surface area contributed by atoms with Crippen LogP contribution in [-0.2, 0) is 0 Å². The number of nitrogens with zero attached hydrogens (tertiary/aromatic N) is 4. The Morgan fingerprint density at radius 3 is 2.86 bits per heavy atom. The number of nitrogens with one attached hydrogen (secondary N) is 1. The van der Waals surface area contributed by atoms with Crippen LogP contribution in [0.2, 0.25) is 0 Å². The van der Waals surface area contributed by atoms with Gasteiger partial charge in [0.05, 0.1) is 12.0 Å². The van der Waals surface area contributed by atoms with Crippen LogP contribution in [0.15, 0.2) is 4.52 Å². The monoisotopic (exact) mass is 309 g/mol. The van der Waals surface area contributed by atoms with Gasteiger partial charge in [0.15, 0.2) is 5.82 Å². The number of piperazine rings is 3. The minimum Gasteiger partial charge on any atom is -0.339 e. The first kappa shape index (κ1) is 14.0. The Morgan fingerprint density at radius 1 is 1.29 bits per heavy atom. The highest BCUT2D eigenvalue weighted by atomic mass is 32.2. The van der Waals surface area contributed by atoms with Crippen molar-refractivity contribution in [3.05, 3.63) is 11.7 Å². The van der Waals surface area contributed by atoms with E-state index in [2.05, 4.69) is 27.2 Å². The molecule has 0 amide bonds. The molecular formula is C14H23N5OS. The minimum absolute atomic E-state index is 0.330. The first-order valence-corrected chi connectivity index (χ1v) is 9.11. The Labute approximate surface area is 129 Å². The second kappa shape index (κ2) is 5.87. The molecule has 4 aliphatic rings. The van der Waals surface area contributed by atoms with Gasteiger partial charge in [-0.2, -0.15) is 16.7 Å². The van der Waals surface area contributed by atoms with Gasteiger partial charge in [0.25, 0.3) is 0 Å². The van der Waals surface area contributed by atoms with Crippen molar-refractivity contribution >= 4 is 11.8 Å². The molecule has 0 saturated carbocycles. The van der Waals surface area contributed by atoms with Gasteiger partial charge in [-0.25, -0.2) is 0 Å². The fraction of sp³-hybridized carbons (Fsp3) is 0.857. The molecule has 3 unspecified atom stereocenters. The summed E-state index contributed by atoms with van der Waals surface area (Å²) in [7, 11) is 0. The van der Waals surface area contributed by atoms with Gasteiger partial charge in [-0.3, -0.25) is 9.80 Å². The van der Waals surface area contributed by atoms with Gasteiger partial charge in [-0.15, -0.1) is 0 Å². The third kappa shape index (κ3) is 2.60. The second-order valence-electron chi connectivity index (χ2n) is 6.15. The molecule has 1 aromatic heterocycles. The van der Waals surface area contributed by atoms with Crippen molar-refractivity contribution in [2.45, 2.75) is 24.9 Å². The predicted octanol–water partition coefficient (Wildman–Crippen LogP) is 0.550. The molecule has 0 aromatic carbocycles. The molecule has 116 valence electrons. The number of fused-ring (bicyclic) bond motifs is 3. The highest BCUT2D eigenvalue weighted by Gasteiger charge is 2.38. The Kier molecular flexibility index (Phi) is 3.91. The van der Waals surface area contributed by atoms with Crippen LogP contribution in [0.1, 0.15) is 30.6 Å². The average Bonchev–Trinajstić information content (AvgIpc) is 3.17. The van der Waals surface area contributed by atoms with Gasteiger partial charge in [0, 0.05) is 50.3 Å². The summed E-state index contributed by atoms with van der Waals surface area (Å²) in [6, 6.07) is 0.803. The van der Waals surface area contributed by atoms with Gasteiger partial charge in [0.2, 0.25) is 5.89 Å². The van der Waals surface area contributed by atoms with Crippen molar-refractivity contribution in [1.82, 2.24) is 25.3 Å². The fourth-order valence-corrected chi connectivity index (χ4v) is 5.03. The maximum atomic E-state index is 5.63. The summed E-state index contributed by atoms with van der Waals surface area (Å²) >= 11 is 1.97. The van der Waals surface area contributed by atoms with Gasteiger partial charge in [-0.1, -0.05) is 12.1 Å². The number of hydrogen-bond donors (Lipinski definition) is 1. The summed E-state index contributed by atoms with van der Waals surface area (Å²) in [5, 5.41) is 7.85. The van der Waals surface area contributed by atoms with E-state index < -0.39 is 0 Å². The summed E-state index contributed by atoms with van der Waals surface area (Å²) in [6.45, 7) is 8.83. The molecule has 4 aliphatic heterocycles. The number of thioether (sulfide) groups is 1. The molecule has 0 aliphatic carbocycles. The quantitative estimate of drug-likeness (QED) is 0.871. The molecule has 21 heavy (non-hydrogen) atoms. The van der Waals surface area contributed by atoms with Crippen molar-refractivity contribution in [2.75, 3.05) is 50.8 Å². The van der Waals surface area contributed by atoms with Crippen molar-refractivity contribution in [3.63, 3.8) is 0 Å². The summed E-state index contributed by atoms with van der Waals surface area (Å²) < 4.78 is 5.63. The molecule has 6 nitrogen and oxygen atoms in total. The highest BCUT2D eigenvalue weighted by Crippen LogP contribution is 2.33. The van der Waals surface area contributed by atoms with E-state index in [1.54, 1.807) is 0 Å². The van der Waals surface area contributed by atoms with Crippen LogP contribution in [0.5, 0.6) is 0 Å². The van der Waals surface area contributed by atoms with E-state index >= 15 is 0 Å². The lowest BCUT2D eigenvalue weighted by Crippen LogP contribution is -2.57. The molecule has 5 rings (SSSR count). The van der Waals surface area contributed by atoms with E-state index in [0.717, 1.165) is 49.4 Å². The predicted molar refractivity (Wildman–Crippen MR) is 82.6 cm³/mol. The first-order valence-electron chi connectivity index (χ1n) is 7.96. The van der Waals surface area contributed by atoms with Crippen LogP contribution in [0, 0.1) is 0 Å². The zero-order chi connectivity index (χ0) is 14.2. The minimum atomic E-state index is 0.330. The molecule has 1 N–H and O–H groups in total. The lowest BCUT2D eigenvalue weighted by Gasteiger charge is -2.46. The van der Waals surface area contributed by atoms with Crippen molar-refractivity contribution < 1.29 is 4.52 Å². The van der Waals surface area contributed by atoms with E-state index in [1.165, 1.54) is 13.1 Å². The molecule has 4 fully saturated rings. The molecule has 4 saturated heterocycles. The van der Waals surface area contributed by atoms with Gasteiger partial charge >= 0.3 is 0 Å². The van der Waals surface area contributed by atoms with E-state index in [9.17, 15) is 0 Å². The summed E-state index contributed by atoms with van der Waals surface area (Å²) in [6.07, 6.45) is 0. The fourth-order valence-electron chi connectivity index (χ4n) is 3.66. The molecule has 2 bridgehead atoms. The molecule has 0 spiro atoms. The SMILES string of the molecule is CCNC1CSCC1c1nc(C2CN3CCN2CC3)no1. The zero-order valence-electron chi connectivity index (χ0n) is 12.5. The van der Waals surface area contributed by atoms with Gasteiger partial charge in [0.1, 0.15) is 0 Å². The lowest BCUT2D eigenvalue weighted by atomic mass is 10.0. The normalized spacial score (nSPS) is 39.0. The van der Waals surface area contributed by atoms with E-state index in [1.807, 2.05) is 11.8 Å². The molecule has 5 heterocycles. The smallest absolute Gasteiger partial charge is 0.232 e. The number of hydrogen-bond acceptors (Lipinski definition) is 7. The van der Waals surface area contributed by atoms with Crippen LogP contribution in [-0.4, -0.2) is 76.8 Å². The Balaban J connectivity index is 1.50.